The molecule has 104 valence electrons. The molecule has 20 heavy (non-hydrogen) atoms. The molecule has 0 bridgehead atoms. The van der Waals surface area contributed by atoms with Gasteiger partial charge in [0.15, 0.2) is 0 Å². The van der Waals surface area contributed by atoms with E-state index in [0.717, 1.165) is 10.2 Å². The maximum absolute atomic E-state index is 12.4. The summed E-state index contributed by atoms with van der Waals surface area (Å²) in [5.74, 6) is 1.24. The normalized spacial score (nSPS) is 10.2. The first-order valence-corrected chi connectivity index (χ1v) is 7.03. The van der Waals surface area contributed by atoms with E-state index in [1.807, 2.05) is 13.0 Å². The average Bonchev–Trinajstić information content (AvgIpc) is 2.47. The van der Waals surface area contributed by atoms with Crippen LogP contribution in [0, 0.1) is 0 Å². The highest BCUT2D eigenvalue weighted by molar-refractivity contribution is 9.10. The lowest BCUT2D eigenvalue weighted by Gasteiger charge is -2.16. The molecule has 1 aromatic carbocycles. The molecule has 0 N–H and O–H groups in total. The number of amides is 1. The Balaban J connectivity index is 2.18. The van der Waals surface area contributed by atoms with Crippen molar-refractivity contribution >= 4 is 27.7 Å². The van der Waals surface area contributed by atoms with Crippen LogP contribution in [0.1, 0.15) is 17.3 Å². The molecule has 1 amide bonds. The number of carbonyl (C=O) groups is 1. The van der Waals surface area contributed by atoms with E-state index in [0.29, 0.717) is 18.0 Å². The lowest BCUT2D eigenvalue weighted by molar-refractivity contribution is 0.0992. The van der Waals surface area contributed by atoms with Gasteiger partial charge in [-0.25, -0.2) is 4.98 Å². The summed E-state index contributed by atoms with van der Waals surface area (Å²) in [4.78, 5) is 18.1. The fraction of sp³-hybridized carbons (Fsp3) is 0.200. The number of anilines is 1. The van der Waals surface area contributed by atoms with Crippen molar-refractivity contribution in [3.05, 3.63) is 52.6 Å². The van der Waals surface area contributed by atoms with Gasteiger partial charge in [0.2, 0.25) is 0 Å². The Hall–Kier alpha value is -1.88. The summed E-state index contributed by atoms with van der Waals surface area (Å²) >= 11 is 3.37. The Morgan fingerprint density at radius 1 is 1.30 bits per heavy atom. The van der Waals surface area contributed by atoms with E-state index in [2.05, 4.69) is 20.9 Å². The molecule has 0 aliphatic heterocycles. The molecule has 0 saturated heterocycles. The zero-order valence-electron chi connectivity index (χ0n) is 11.3. The number of ether oxygens (including phenoxy) is 1. The first kappa shape index (κ1) is 14.5. The van der Waals surface area contributed by atoms with E-state index >= 15 is 0 Å². The van der Waals surface area contributed by atoms with Crippen LogP contribution in [0.5, 0.6) is 5.75 Å². The van der Waals surface area contributed by atoms with Crippen LogP contribution < -0.4 is 9.64 Å². The third kappa shape index (κ3) is 3.36. The van der Waals surface area contributed by atoms with Gasteiger partial charge in [0.25, 0.3) is 5.91 Å². The molecule has 2 aromatic rings. The minimum absolute atomic E-state index is 0.112. The first-order valence-electron chi connectivity index (χ1n) is 6.24. The van der Waals surface area contributed by atoms with Crippen LogP contribution in [0.4, 0.5) is 5.82 Å². The number of aromatic nitrogens is 1. The van der Waals surface area contributed by atoms with E-state index < -0.39 is 0 Å². The van der Waals surface area contributed by atoms with Crippen LogP contribution in [0.15, 0.2) is 47.1 Å². The van der Waals surface area contributed by atoms with Gasteiger partial charge < -0.3 is 4.74 Å². The summed E-state index contributed by atoms with van der Waals surface area (Å²) in [6, 6.07) is 10.7. The van der Waals surface area contributed by atoms with Crippen LogP contribution >= 0.6 is 15.9 Å². The molecule has 0 radical (unpaired) electrons. The fourth-order valence-electron chi connectivity index (χ4n) is 1.74. The summed E-state index contributed by atoms with van der Waals surface area (Å²) in [6.45, 7) is 2.53. The lowest BCUT2D eigenvalue weighted by Crippen LogP contribution is -2.26. The van der Waals surface area contributed by atoms with Gasteiger partial charge in [-0.1, -0.05) is 15.9 Å². The number of benzene rings is 1. The Bertz CT molecular complexity index is 599. The number of hydrogen-bond donors (Lipinski definition) is 0. The quantitative estimate of drug-likeness (QED) is 0.859. The van der Waals surface area contributed by atoms with E-state index in [1.54, 1.807) is 43.6 Å². The molecule has 0 aliphatic carbocycles. The van der Waals surface area contributed by atoms with Gasteiger partial charge in [-0.05, 0) is 43.3 Å². The van der Waals surface area contributed by atoms with E-state index in [1.165, 1.54) is 4.90 Å². The molecular formula is C15H15BrN2O2. The summed E-state index contributed by atoms with van der Waals surface area (Å²) in [5, 5.41) is 0. The van der Waals surface area contributed by atoms with Gasteiger partial charge in [0.1, 0.15) is 11.6 Å². The second-order valence-corrected chi connectivity index (χ2v) is 5.07. The van der Waals surface area contributed by atoms with Crippen LogP contribution in [-0.2, 0) is 0 Å². The molecule has 0 aliphatic rings. The molecule has 4 nitrogen and oxygen atoms in total. The molecule has 0 atom stereocenters. The van der Waals surface area contributed by atoms with E-state index in [4.69, 9.17) is 4.74 Å². The number of rotatable bonds is 4. The van der Waals surface area contributed by atoms with Crippen LogP contribution in [-0.4, -0.2) is 24.5 Å². The molecule has 1 heterocycles. The van der Waals surface area contributed by atoms with Crippen LogP contribution in [0.2, 0.25) is 0 Å². The fourth-order valence-corrected chi connectivity index (χ4v) is 2.06. The third-order valence-electron chi connectivity index (χ3n) is 2.77. The SMILES string of the molecule is CCOc1ccc(C(=O)N(C)c2cc(Br)ccn2)cc1. The van der Waals surface area contributed by atoms with Crippen LogP contribution in [0.25, 0.3) is 0 Å². The molecule has 0 saturated carbocycles. The van der Waals surface area contributed by atoms with Gasteiger partial charge in [-0.3, -0.25) is 9.69 Å². The topological polar surface area (TPSA) is 42.4 Å². The highest BCUT2D eigenvalue weighted by Crippen LogP contribution is 2.19. The number of pyridine rings is 1. The van der Waals surface area contributed by atoms with Crippen molar-refractivity contribution in [1.29, 1.82) is 0 Å². The molecule has 0 unspecified atom stereocenters. The predicted molar refractivity (Wildman–Crippen MR) is 82.3 cm³/mol. The van der Waals surface area contributed by atoms with E-state index in [9.17, 15) is 4.79 Å². The second kappa shape index (κ2) is 6.52. The van der Waals surface area contributed by atoms with E-state index in [-0.39, 0.29) is 5.91 Å². The summed E-state index contributed by atoms with van der Waals surface area (Å²) in [5.41, 5.74) is 0.595. The van der Waals surface area contributed by atoms with Gasteiger partial charge >= 0.3 is 0 Å². The Labute approximate surface area is 126 Å². The Morgan fingerprint density at radius 2 is 2.00 bits per heavy atom. The van der Waals surface area contributed by atoms with Crippen molar-refractivity contribution in [1.82, 2.24) is 4.98 Å². The van der Waals surface area contributed by atoms with Crippen molar-refractivity contribution < 1.29 is 9.53 Å². The second-order valence-electron chi connectivity index (χ2n) is 4.15. The summed E-state index contributed by atoms with van der Waals surface area (Å²) in [7, 11) is 1.70. The van der Waals surface area contributed by atoms with Gasteiger partial charge in [-0.2, -0.15) is 0 Å². The smallest absolute Gasteiger partial charge is 0.259 e. The zero-order valence-corrected chi connectivity index (χ0v) is 12.9. The minimum Gasteiger partial charge on any atom is -0.494 e. The highest BCUT2D eigenvalue weighted by atomic mass is 79.9. The number of hydrogen-bond acceptors (Lipinski definition) is 3. The molecule has 1 aromatic heterocycles. The van der Waals surface area contributed by atoms with Crippen molar-refractivity contribution in [2.45, 2.75) is 6.92 Å². The molecule has 5 heteroatoms. The van der Waals surface area contributed by atoms with Crippen molar-refractivity contribution in [3.8, 4) is 5.75 Å². The average molecular weight is 335 g/mol. The molecular weight excluding hydrogens is 320 g/mol. The maximum Gasteiger partial charge on any atom is 0.259 e. The highest BCUT2D eigenvalue weighted by Gasteiger charge is 2.14. The maximum atomic E-state index is 12.4. The lowest BCUT2D eigenvalue weighted by atomic mass is 10.2. The van der Waals surface area contributed by atoms with Gasteiger partial charge in [-0.15, -0.1) is 0 Å². The largest absolute Gasteiger partial charge is 0.494 e. The molecule has 0 spiro atoms. The van der Waals surface area contributed by atoms with Crippen LogP contribution in [0.3, 0.4) is 0 Å². The minimum atomic E-state index is -0.112. The number of carbonyl (C=O) groups excluding carboxylic acids is 1. The van der Waals surface area contributed by atoms with Crippen molar-refractivity contribution in [2.24, 2.45) is 0 Å². The molecule has 2 rings (SSSR count). The van der Waals surface area contributed by atoms with Gasteiger partial charge in [0, 0.05) is 23.3 Å². The summed E-state index contributed by atoms with van der Waals surface area (Å²) in [6.07, 6.45) is 1.65. The zero-order chi connectivity index (χ0) is 14.5. The number of halogens is 1. The number of nitrogens with zero attached hydrogens (tertiary/aromatic N) is 2. The third-order valence-corrected chi connectivity index (χ3v) is 3.26. The first-order chi connectivity index (χ1) is 9.61. The monoisotopic (exact) mass is 334 g/mol. The molecule has 0 fully saturated rings. The van der Waals surface area contributed by atoms with Crippen molar-refractivity contribution in [2.75, 3.05) is 18.6 Å². The standard InChI is InChI=1S/C15H15BrN2O2/c1-3-20-13-6-4-11(5-7-13)15(19)18(2)14-10-12(16)8-9-17-14/h4-10H,3H2,1-2H3. The van der Waals surface area contributed by atoms with Gasteiger partial charge in [0.05, 0.1) is 6.61 Å². The Kier molecular flexibility index (Phi) is 4.74. The summed E-state index contributed by atoms with van der Waals surface area (Å²) < 4.78 is 6.24. The predicted octanol–water partition coefficient (Wildman–Crippen LogP) is 3.52. The Morgan fingerprint density at radius 3 is 2.60 bits per heavy atom. The van der Waals surface area contributed by atoms with Crippen molar-refractivity contribution in [3.63, 3.8) is 0 Å².